The van der Waals surface area contributed by atoms with Gasteiger partial charge in [-0.1, -0.05) is 0 Å². The van der Waals surface area contributed by atoms with Crippen LogP contribution >= 0.6 is 0 Å². The summed E-state index contributed by atoms with van der Waals surface area (Å²) in [5, 5.41) is 24.6. The number of aliphatic hydroxyl groups excluding tert-OH is 1. The van der Waals surface area contributed by atoms with E-state index in [4.69, 9.17) is 4.74 Å². The van der Waals surface area contributed by atoms with E-state index in [0.29, 0.717) is 30.0 Å². The van der Waals surface area contributed by atoms with E-state index in [1.54, 1.807) is 24.3 Å². The molecule has 2 aromatic carbocycles. The number of nitrogens with one attached hydrogen (secondary N) is 1. The lowest BCUT2D eigenvalue weighted by atomic mass is 10.2. The first-order valence-corrected chi connectivity index (χ1v) is 10.9. The smallest absolute Gasteiger partial charge is 0.294 e. The predicted molar refractivity (Wildman–Crippen MR) is 126 cm³/mol. The molecule has 1 amide bonds. The quantitative estimate of drug-likeness (QED) is 0.380. The summed E-state index contributed by atoms with van der Waals surface area (Å²) in [5.74, 6) is 0.571. The van der Waals surface area contributed by atoms with Crippen molar-refractivity contribution in [1.82, 2.24) is 9.55 Å². The van der Waals surface area contributed by atoms with Crippen molar-refractivity contribution in [3.05, 3.63) is 62.9 Å². The molecule has 1 aromatic heterocycles. The second kappa shape index (κ2) is 9.87. The van der Waals surface area contributed by atoms with Gasteiger partial charge in [-0.15, -0.1) is 0 Å². The number of amides is 1. The number of rotatable bonds is 8. The van der Waals surface area contributed by atoms with E-state index in [9.17, 15) is 24.8 Å². The van der Waals surface area contributed by atoms with E-state index in [2.05, 4.69) is 10.3 Å². The van der Waals surface area contributed by atoms with Crippen LogP contribution in [0.15, 0.2) is 47.3 Å². The van der Waals surface area contributed by atoms with Crippen LogP contribution in [0.25, 0.3) is 11.0 Å². The van der Waals surface area contributed by atoms with Crippen molar-refractivity contribution in [3.63, 3.8) is 0 Å². The average Bonchev–Trinajstić information content (AvgIpc) is 3.34. The monoisotopic (exact) mass is 467 g/mol. The summed E-state index contributed by atoms with van der Waals surface area (Å²) >= 11 is 0. The van der Waals surface area contributed by atoms with Gasteiger partial charge in [0.15, 0.2) is 5.82 Å². The Morgan fingerprint density at radius 2 is 1.94 bits per heavy atom. The van der Waals surface area contributed by atoms with Crippen LogP contribution < -0.4 is 20.5 Å². The number of carbonyl (C=O) groups excluding carboxylic acids is 1. The molecule has 2 heterocycles. The highest BCUT2D eigenvalue weighted by Gasteiger charge is 2.22. The van der Waals surface area contributed by atoms with Gasteiger partial charge in [0.05, 0.1) is 22.5 Å². The maximum atomic E-state index is 13.3. The normalized spacial score (nSPS) is 14.2. The average molecular weight is 467 g/mol. The number of nitrogens with zero attached hydrogens (tertiary/aromatic N) is 4. The van der Waals surface area contributed by atoms with Crippen LogP contribution in [0, 0.1) is 10.1 Å². The first-order chi connectivity index (χ1) is 16.3. The van der Waals surface area contributed by atoms with Gasteiger partial charge in [0.2, 0.25) is 5.91 Å². The minimum absolute atomic E-state index is 0.107. The van der Waals surface area contributed by atoms with Gasteiger partial charge in [-0.25, -0.2) is 4.98 Å². The van der Waals surface area contributed by atoms with E-state index >= 15 is 0 Å². The molecule has 0 saturated carbocycles. The molecular formula is C23H25N5O6. The van der Waals surface area contributed by atoms with Gasteiger partial charge < -0.3 is 24.6 Å². The minimum atomic E-state index is -1.07. The summed E-state index contributed by atoms with van der Waals surface area (Å²) in [5.41, 5.74) is 0.760. The van der Waals surface area contributed by atoms with E-state index in [0.717, 1.165) is 12.8 Å². The van der Waals surface area contributed by atoms with Gasteiger partial charge in [-0.05, 0) is 43.2 Å². The van der Waals surface area contributed by atoms with Crippen molar-refractivity contribution in [3.8, 4) is 5.75 Å². The molecule has 1 aliphatic rings. The maximum Gasteiger partial charge on any atom is 0.294 e. The van der Waals surface area contributed by atoms with Crippen LogP contribution in [0.1, 0.15) is 19.8 Å². The third-order valence-corrected chi connectivity index (χ3v) is 5.54. The molecule has 1 saturated heterocycles. The molecule has 2 N–H and O–H groups in total. The van der Waals surface area contributed by atoms with Crippen molar-refractivity contribution in [2.45, 2.75) is 32.4 Å². The fraction of sp³-hybridized carbons (Fsp3) is 0.348. The molecule has 0 bridgehead atoms. The molecule has 11 nitrogen and oxygen atoms in total. The molecule has 1 atom stereocenters. The number of anilines is 2. The molecular weight excluding hydrogens is 442 g/mol. The Hall–Kier alpha value is -3.99. The van der Waals surface area contributed by atoms with Crippen LogP contribution in [0.2, 0.25) is 0 Å². The Morgan fingerprint density at radius 1 is 1.24 bits per heavy atom. The van der Waals surface area contributed by atoms with Crippen LogP contribution in [-0.2, 0) is 11.3 Å². The van der Waals surface area contributed by atoms with E-state index in [-0.39, 0.29) is 36.1 Å². The van der Waals surface area contributed by atoms with Gasteiger partial charge in [-0.3, -0.25) is 19.7 Å². The van der Waals surface area contributed by atoms with Crippen LogP contribution in [0.5, 0.6) is 5.75 Å². The van der Waals surface area contributed by atoms with E-state index < -0.39 is 16.6 Å². The summed E-state index contributed by atoms with van der Waals surface area (Å²) in [6.07, 6.45) is 0.844. The largest absolute Gasteiger partial charge is 0.491 e. The number of ether oxygens (including phenoxy) is 1. The standard InChI is InChI=1S/C23H25N5O6/c1-15(29)24-16-4-7-19(8-5-16)34-14-18(30)13-27-21-12-17(28(32)33)6-9-20(21)25-22(23(27)31)26-10-2-3-11-26/h4-9,12,18,30H,2-3,10-11,13-14H2,1H3,(H,24,29)/t18-/m0/s1. The minimum Gasteiger partial charge on any atom is -0.491 e. The number of nitro groups is 1. The van der Waals surface area contributed by atoms with E-state index in [1.807, 2.05) is 4.90 Å². The molecule has 0 unspecified atom stereocenters. The highest BCUT2D eigenvalue weighted by Crippen LogP contribution is 2.23. The summed E-state index contributed by atoms with van der Waals surface area (Å²) in [4.78, 5) is 41.5. The number of nitro benzene ring substituents is 1. The maximum absolute atomic E-state index is 13.3. The molecule has 4 rings (SSSR count). The molecule has 3 aromatic rings. The topological polar surface area (TPSA) is 140 Å². The molecule has 11 heteroatoms. The third-order valence-electron chi connectivity index (χ3n) is 5.54. The number of fused-ring (bicyclic) bond motifs is 1. The number of hydrogen-bond acceptors (Lipinski definition) is 8. The molecule has 0 aliphatic carbocycles. The fourth-order valence-corrected chi connectivity index (χ4v) is 3.94. The number of hydrogen-bond donors (Lipinski definition) is 2. The van der Waals surface area contributed by atoms with Crippen molar-refractivity contribution < 1.29 is 19.6 Å². The highest BCUT2D eigenvalue weighted by molar-refractivity contribution is 5.88. The van der Waals surface area contributed by atoms with Gasteiger partial charge in [0.1, 0.15) is 18.5 Å². The van der Waals surface area contributed by atoms with Crippen LogP contribution in [-0.4, -0.2) is 51.3 Å². The first kappa shape index (κ1) is 23.2. The second-order valence-corrected chi connectivity index (χ2v) is 8.15. The molecule has 1 aliphatic heterocycles. The lowest BCUT2D eigenvalue weighted by Gasteiger charge is -2.20. The Bertz CT molecular complexity index is 1270. The Labute approximate surface area is 194 Å². The molecule has 0 spiro atoms. The zero-order chi connectivity index (χ0) is 24.2. The molecule has 34 heavy (non-hydrogen) atoms. The Kier molecular flexibility index (Phi) is 6.73. The summed E-state index contributed by atoms with van der Waals surface area (Å²) < 4.78 is 6.96. The predicted octanol–water partition coefficient (Wildman–Crippen LogP) is 2.30. The number of carbonyl (C=O) groups is 1. The fourth-order valence-electron chi connectivity index (χ4n) is 3.94. The molecule has 0 radical (unpaired) electrons. The second-order valence-electron chi connectivity index (χ2n) is 8.15. The Balaban J connectivity index is 1.58. The molecule has 178 valence electrons. The number of non-ortho nitro benzene ring substituents is 1. The number of aliphatic hydroxyl groups is 1. The van der Waals surface area contributed by atoms with Crippen LogP contribution in [0.3, 0.4) is 0 Å². The van der Waals surface area contributed by atoms with Crippen molar-refractivity contribution >= 4 is 34.1 Å². The molecule has 1 fully saturated rings. The third kappa shape index (κ3) is 5.15. The zero-order valence-corrected chi connectivity index (χ0v) is 18.6. The van der Waals surface area contributed by atoms with Crippen molar-refractivity contribution in [1.29, 1.82) is 0 Å². The summed E-state index contributed by atoms with van der Waals surface area (Å²) in [6.45, 7) is 2.60. The van der Waals surface area contributed by atoms with Crippen LogP contribution in [0.4, 0.5) is 17.2 Å². The van der Waals surface area contributed by atoms with E-state index in [1.165, 1.54) is 29.7 Å². The lowest BCUT2D eigenvalue weighted by Crippen LogP contribution is -2.35. The highest BCUT2D eigenvalue weighted by atomic mass is 16.6. The SMILES string of the molecule is CC(=O)Nc1ccc(OC[C@@H](O)Cn2c(=O)c(N3CCCC3)nc3ccc([N+](=O)[O-])cc32)cc1. The number of aromatic nitrogens is 2. The van der Waals surface area contributed by atoms with Gasteiger partial charge in [0, 0.05) is 37.8 Å². The number of benzene rings is 2. The lowest BCUT2D eigenvalue weighted by molar-refractivity contribution is -0.384. The Morgan fingerprint density at radius 3 is 2.59 bits per heavy atom. The zero-order valence-electron chi connectivity index (χ0n) is 18.6. The van der Waals surface area contributed by atoms with Gasteiger partial charge >= 0.3 is 0 Å². The van der Waals surface area contributed by atoms with Crippen molar-refractivity contribution in [2.24, 2.45) is 0 Å². The first-order valence-electron chi connectivity index (χ1n) is 10.9. The van der Waals surface area contributed by atoms with Gasteiger partial charge in [0.25, 0.3) is 11.2 Å². The summed E-state index contributed by atoms with van der Waals surface area (Å²) in [7, 11) is 0. The van der Waals surface area contributed by atoms with Gasteiger partial charge in [-0.2, -0.15) is 0 Å². The summed E-state index contributed by atoms with van der Waals surface area (Å²) in [6, 6.07) is 10.8. The van der Waals surface area contributed by atoms with Crippen molar-refractivity contribution in [2.75, 3.05) is 29.9 Å².